The van der Waals surface area contributed by atoms with Gasteiger partial charge >= 0.3 is 0 Å². The fraction of sp³-hybridized carbons (Fsp3) is 0.600. The van der Waals surface area contributed by atoms with Crippen LogP contribution in [0, 0.1) is 5.92 Å². The van der Waals surface area contributed by atoms with Crippen molar-refractivity contribution in [3.05, 3.63) is 35.5 Å². The summed E-state index contributed by atoms with van der Waals surface area (Å²) in [5.74, 6) is 0.649. The summed E-state index contributed by atoms with van der Waals surface area (Å²) >= 11 is 0. The van der Waals surface area contributed by atoms with Crippen molar-refractivity contribution in [2.75, 3.05) is 0 Å². The Morgan fingerprint density at radius 2 is 1.73 bits per heavy atom. The van der Waals surface area contributed by atoms with Crippen LogP contribution in [-0.4, -0.2) is 0 Å². The fourth-order valence-electron chi connectivity index (χ4n) is 1.43. The number of rotatable bonds is 6. The van der Waals surface area contributed by atoms with Gasteiger partial charge in [0, 0.05) is 0 Å². The average Bonchev–Trinajstić information content (AvgIpc) is 2.08. The largest absolute Gasteiger partial charge is 0.100 e. The maximum atomic E-state index is 3.96. The second-order valence-electron chi connectivity index (χ2n) is 5.01. The van der Waals surface area contributed by atoms with E-state index in [1.807, 2.05) is 0 Å². The standard InChI is InChI=1S/C15H26/c1-12(2)7-9-15(11-14(5)6)10-8-13(3)4/h8,11,14H,1,7,9-10H2,2-6H3. The molecular formula is C15H26. The normalized spacial score (nSPS) is 11.7. The van der Waals surface area contributed by atoms with E-state index in [-0.39, 0.29) is 0 Å². The Hall–Kier alpha value is -0.780. The van der Waals surface area contributed by atoms with Crippen LogP contribution in [0.15, 0.2) is 35.5 Å². The summed E-state index contributed by atoms with van der Waals surface area (Å²) in [6.45, 7) is 14.9. The molecule has 0 nitrogen and oxygen atoms in total. The van der Waals surface area contributed by atoms with Crippen molar-refractivity contribution in [3.8, 4) is 0 Å². The third-order valence-corrected chi connectivity index (χ3v) is 2.21. The molecule has 0 unspecified atom stereocenters. The van der Waals surface area contributed by atoms with Crippen LogP contribution in [0.25, 0.3) is 0 Å². The summed E-state index contributed by atoms with van der Waals surface area (Å²) in [4.78, 5) is 0. The summed E-state index contributed by atoms with van der Waals surface area (Å²) in [6.07, 6.45) is 8.09. The minimum Gasteiger partial charge on any atom is -0.100 e. The van der Waals surface area contributed by atoms with Gasteiger partial charge in [-0.1, -0.05) is 42.7 Å². The Balaban J connectivity index is 4.32. The molecule has 0 saturated heterocycles. The number of hydrogen-bond donors (Lipinski definition) is 0. The van der Waals surface area contributed by atoms with E-state index in [1.165, 1.54) is 11.1 Å². The summed E-state index contributed by atoms with van der Waals surface area (Å²) in [5.41, 5.74) is 4.23. The molecule has 0 atom stereocenters. The third-order valence-electron chi connectivity index (χ3n) is 2.21. The van der Waals surface area contributed by atoms with E-state index in [9.17, 15) is 0 Å². The van der Waals surface area contributed by atoms with Gasteiger partial charge in [0.1, 0.15) is 0 Å². The Kier molecular flexibility index (Phi) is 7.11. The smallest absolute Gasteiger partial charge is 0.0136 e. The van der Waals surface area contributed by atoms with Crippen LogP contribution in [0.4, 0.5) is 0 Å². The molecule has 0 rings (SSSR count). The van der Waals surface area contributed by atoms with E-state index in [0.29, 0.717) is 5.92 Å². The molecule has 0 aliphatic rings. The molecule has 0 heterocycles. The van der Waals surface area contributed by atoms with Gasteiger partial charge in [0.05, 0.1) is 0 Å². The van der Waals surface area contributed by atoms with Crippen LogP contribution in [-0.2, 0) is 0 Å². The number of hydrogen-bond acceptors (Lipinski definition) is 0. The van der Waals surface area contributed by atoms with Crippen LogP contribution in [0.1, 0.15) is 53.9 Å². The highest BCUT2D eigenvalue weighted by Crippen LogP contribution is 2.17. The minimum absolute atomic E-state index is 0.649. The summed E-state index contributed by atoms with van der Waals surface area (Å²) < 4.78 is 0. The van der Waals surface area contributed by atoms with Gasteiger partial charge in [-0.15, -0.1) is 6.58 Å². The second kappa shape index (κ2) is 7.50. The first-order valence-electron chi connectivity index (χ1n) is 5.89. The monoisotopic (exact) mass is 206 g/mol. The molecule has 0 fully saturated rings. The molecule has 0 aliphatic carbocycles. The third kappa shape index (κ3) is 9.52. The van der Waals surface area contributed by atoms with Crippen molar-refractivity contribution in [1.29, 1.82) is 0 Å². The molecule has 0 aromatic heterocycles. The van der Waals surface area contributed by atoms with Crippen LogP contribution >= 0.6 is 0 Å². The zero-order valence-corrected chi connectivity index (χ0v) is 11.1. The Morgan fingerprint density at radius 3 is 2.13 bits per heavy atom. The molecule has 0 heteroatoms. The zero-order chi connectivity index (χ0) is 11.8. The first kappa shape index (κ1) is 14.2. The summed E-state index contributed by atoms with van der Waals surface area (Å²) in [6, 6.07) is 0. The van der Waals surface area contributed by atoms with Gasteiger partial charge in [-0.25, -0.2) is 0 Å². The highest BCUT2D eigenvalue weighted by Gasteiger charge is 1.98. The van der Waals surface area contributed by atoms with E-state index >= 15 is 0 Å². The quantitative estimate of drug-likeness (QED) is 0.518. The molecule has 0 N–H and O–H groups in total. The highest BCUT2D eigenvalue weighted by molar-refractivity contribution is 5.12. The van der Waals surface area contributed by atoms with Crippen molar-refractivity contribution in [1.82, 2.24) is 0 Å². The molecule has 86 valence electrons. The van der Waals surface area contributed by atoms with Crippen molar-refractivity contribution in [2.45, 2.75) is 53.9 Å². The molecule has 0 aromatic rings. The van der Waals surface area contributed by atoms with E-state index in [1.54, 1.807) is 5.57 Å². The van der Waals surface area contributed by atoms with Crippen molar-refractivity contribution in [2.24, 2.45) is 5.92 Å². The minimum atomic E-state index is 0.649. The molecule has 0 amide bonds. The molecule has 0 saturated carbocycles. The van der Waals surface area contributed by atoms with Gasteiger partial charge in [0.15, 0.2) is 0 Å². The average molecular weight is 206 g/mol. The lowest BCUT2D eigenvalue weighted by atomic mass is 9.99. The lowest BCUT2D eigenvalue weighted by Crippen LogP contribution is -1.89. The summed E-state index contributed by atoms with van der Waals surface area (Å²) in [7, 11) is 0. The lowest BCUT2D eigenvalue weighted by molar-refractivity contribution is 0.792. The topological polar surface area (TPSA) is 0 Å². The molecular weight excluding hydrogens is 180 g/mol. The van der Waals surface area contributed by atoms with Crippen molar-refractivity contribution in [3.63, 3.8) is 0 Å². The van der Waals surface area contributed by atoms with Crippen molar-refractivity contribution < 1.29 is 0 Å². The maximum absolute atomic E-state index is 3.96. The maximum Gasteiger partial charge on any atom is -0.0136 e. The van der Waals surface area contributed by atoms with Gasteiger partial charge in [-0.05, 0) is 46.0 Å². The van der Waals surface area contributed by atoms with Crippen molar-refractivity contribution >= 4 is 0 Å². The molecule has 0 aromatic carbocycles. The van der Waals surface area contributed by atoms with Crippen LogP contribution < -0.4 is 0 Å². The highest BCUT2D eigenvalue weighted by atomic mass is 14.0. The van der Waals surface area contributed by atoms with E-state index in [2.05, 4.69) is 53.3 Å². The van der Waals surface area contributed by atoms with Crippen LogP contribution in [0.5, 0.6) is 0 Å². The molecule has 15 heavy (non-hydrogen) atoms. The van der Waals surface area contributed by atoms with Crippen LogP contribution in [0.3, 0.4) is 0 Å². The Bertz CT molecular complexity index is 247. The van der Waals surface area contributed by atoms with Crippen LogP contribution in [0.2, 0.25) is 0 Å². The summed E-state index contributed by atoms with van der Waals surface area (Å²) in [5, 5.41) is 0. The molecule has 0 bridgehead atoms. The first-order chi connectivity index (χ1) is 6.91. The van der Waals surface area contributed by atoms with Gasteiger partial charge in [0.25, 0.3) is 0 Å². The molecule has 0 radical (unpaired) electrons. The van der Waals surface area contributed by atoms with E-state index in [0.717, 1.165) is 19.3 Å². The van der Waals surface area contributed by atoms with E-state index < -0.39 is 0 Å². The fourth-order valence-corrected chi connectivity index (χ4v) is 1.43. The first-order valence-corrected chi connectivity index (χ1v) is 5.89. The number of allylic oxidation sites excluding steroid dienone is 5. The molecule has 0 aliphatic heterocycles. The Morgan fingerprint density at radius 1 is 1.13 bits per heavy atom. The van der Waals surface area contributed by atoms with Gasteiger partial charge in [-0.2, -0.15) is 0 Å². The van der Waals surface area contributed by atoms with Gasteiger partial charge in [0.2, 0.25) is 0 Å². The van der Waals surface area contributed by atoms with E-state index in [4.69, 9.17) is 0 Å². The molecule has 0 spiro atoms. The Labute approximate surface area is 95.8 Å². The predicted molar refractivity (Wildman–Crippen MR) is 71.0 cm³/mol. The zero-order valence-electron chi connectivity index (χ0n) is 11.1. The van der Waals surface area contributed by atoms with Gasteiger partial charge in [-0.3, -0.25) is 0 Å². The second-order valence-corrected chi connectivity index (χ2v) is 5.01. The SMILES string of the molecule is C=C(C)CCC(=CC(C)C)CC=C(C)C. The van der Waals surface area contributed by atoms with Gasteiger partial charge < -0.3 is 0 Å². The lowest BCUT2D eigenvalue weighted by Gasteiger charge is -2.07. The predicted octanol–water partition coefficient (Wildman–Crippen LogP) is 5.28.